The molecule has 0 aliphatic carbocycles. The molecule has 0 saturated carbocycles. The van der Waals surface area contributed by atoms with Crippen LogP contribution in [0.4, 0.5) is 0 Å². The number of methoxy groups -OCH3 is 2. The summed E-state index contributed by atoms with van der Waals surface area (Å²) < 4.78 is 15.8. The molecule has 0 aliphatic rings. The molecule has 0 bridgehead atoms. The first-order valence-corrected chi connectivity index (χ1v) is 6.18. The van der Waals surface area contributed by atoms with Gasteiger partial charge in [-0.05, 0) is 24.3 Å². The van der Waals surface area contributed by atoms with Crippen LogP contribution in [0, 0.1) is 0 Å². The van der Waals surface area contributed by atoms with Gasteiger partial charge in [0, 0.05) is 0 Å². The van der Waals surface area contributed by atoms with Gasteiger partial charge >= 0.3 is 0 Å². The Bertz CT molecular complexity index is 593. The van der Waals surface area contributed by atoms with Crippen molar-refractivity contribution in [1.29, 1.82) is 0 Å². The van der Waals surface area contributed by atoms with Crippen molar-refractivity contribution >= 4 is 5.78 Å². The van der Waals surface area contributed by atoms with Crippen LogP contribution >= 0.6 is 0 Å². The lowest BCUT2D eigenvalue weighted by atomic mass is 10.1. The standard InChI is InChI=1S/C16H16O4/c1-18-14-8-4-3-7-12(14)13(17)11-20-16-10-6-5-9-15(16)19-2/h3-10H,11H2,1-2H3. The Labute approximate surface area is 117 Å². The summed E-state index contributed by atoms with van der Waals surface area (Å²) >= 11 is 0. The molecule has 2 aromatic rings. The third kappa shape index (κ3) is 3.09. The third-order valence-corrected chi connectivity index (χ3v) is 2.84. The van der Waals surface area contributed by atoms with Gasteiger partial charge in [0.2, 0.25) is 5.78 Å². The summed E-state index contributed by atoms with van der Waals surface area (Å²) in [5.41, 5.74) is 0.505. The highest BCUT2D eigenvalue weighted by atomic mass is 16.5. The molecule has 0 unspecified atom stereocenters. The molecule has 0 fully saturated rings. The van der Waals surface area contributed by atoms with Crippen molar-refractivity contribution in [3.63, 3.8) is 0 Å². The summed E-state index contributed by atoms with van der Waals surface area (Å²) in [6.45, 7) is -0.0687. The van der Waals surface area contributed by atoms with Crippen molar-refractivity contribution in [3.8, 4) is 17.2 Å². The molecular weight excluding hydrogens is 256 g/mol. The number of hydrogen-bond acceptors (Lipinski definition) is 4. The van der Waals surface area contributed by atoms with Crippen LogP contribution < -0.4 is 14.2 Å². The molecular formula is C16H16O4. The number of carbonyl (C=O) groups is 1. The summed E-state index contributed by atoms with van der Waals surface area (Å²) in [5.74, 6) is 1.54. The molecule has 0 saturated heterocycles. The molecule has 104 valence electrons. The van der Waals surface area contributed by atoms with Crippen LogP contribution in [0.5, 0.6) is 17.2 Å². The normalized spacial score (nSPS) is 9.90. The number of ketones is 1. The van der Waals surface area contributed by atoms with E-state index < -0.39 is 0 Å². The Hall–Kier alpha value is -2.49. The lowest BCUT2D eigenvalue weighted by molar-refractivity contribution is 0.0916. The fourth-order valence-electron chi connectivity index (χ4n) is 1.83. The van der Waals surface area contributed by atoms with Gasteiger partial charge in [0.15, 0.2) is 18.1 Å². The zero-order valence-corrected chi connectivity index (χ0v) is 11.5. The smallest absolute Gasteiger partial charge is 0.203 e. The Morgan fingerprint density at radius 2 is 1.40 bits per heavy atom. The van der Waals surface area contributed by atoms with Gasteiger partial charge in [0.25, 0.3) is 0 Å². The van der Waals surface area contributed by atoms with E-state index in [-0.39, 0.29) is 12.4 Å². The maximum Gasteiger partial charge on any atom is 0.203 e. The molecule has 0 amide bonds. The lowest BCUT2D eigenvalue weighted by Crippen LogP contribution is -2.13. The second kappa shape index (κ2) is 6.61. The molecule has 0 N–H and O–H groups in total. The number of benzene rings is 2. The quantitative estimate of drug-likeness (QED) is 0.758. The number of ether oxygens (including phenoxy) is 3. The van der Waals surface area contributed by atoms with Crippen molar-refractivity contribution in [3.05, 3.63) is 54.1 Å². The number of para-hydroxylation sites is 3. The van der Waals surface area contributed by atoms with Gasteiger partial charge in [-0.2, -0.15) is 0 Å². The maximum atomic E-state index is 12.2. The Balaban J connectivity index is 2.09. The molecule has 0 aliphatic heterocycles. The average molecular weight is 272 g/mol. The van der Waals surface area contributed by atoms with Gasteiger partial charge in [-0.3, -0.25) is 4.79 Å². The van der Waals surface area contributed by atoms with E-state index in [1.807, 2.05) is 18.2 Å². The summed E-state index contributed by atoms with van der Waals surface area (Å²) in [5, 5.41) is 0. The fraction of sp³-hybridized carbons (Fsp3) is 0.188. The van der Waals surface area contributed by atoms with Crippen LogP contribution in [0.2, 0.25) is 0 Å². The second-order valence-electron chi connectivity index (χ2n) is 4.06. The first-order valence-electron chi connectivity index (χ1n) is 6.18. The minimum atomic E-state index is -0.145. The van der Waals surface area contributed by atoms with Gasteiger partial charge in [-0.15, -0.1) is 0 Å². The minimum Gasteiger partial charge on any atom is -0.496 e. The Kier molecular flexibility index (Phi) is 4.60. The zero-order chi connectivity index (χ0) is 14.4. The fourth-order valence-corrected chi connectivity index (χ4v) is 1.83. The zero-order valence-electron chi connectivity index (χ0n) is 11.5. The van der Waals surface area contributed by atoms with Crippen molar-refractivity contribution in [2.24, 2.45) is 0 Å². The molecule has 2 rings (SSSR count). The maximum absolute atomic E-state index is 12.2. The number of hydrogen-bond donors (Lipinski definition) is 0. The first kappa shape index (κ1) is 13.9. The van der Waals surface area contributed by atoms with E-state index in [2.05, 4.69) is 0 Å². The highest BCUT2D eigenvalue weighted by molar-refractivity contribution is 5.99. The summed E-state index contributed by atoms with van der Waals surface area (Å²) in [6.07, 6.45) is 0. The topological polar surface area (TPSA) is 44.8 Å². The Morgan fingerprint density at radius 3 is 2.05 bits per heavy atom. The van der Waals surface area contributed by atoms with E-state index in [0.717, 1.165) is 0 Å². The molecule has 0 atom stereocenters. The number of Topliss-reactive ketones (excluding diaryl/α,β-unsaturated/α-hetero) is 1. The molecule has 0 spiro atoms. The largest absolute Gasteiger partial charge is 0.496 e. The van der Waals surface area contributed by atoms with Crippen molar-refractivity contribution < 1.29 is 19.0 Å². The van der Waals surface area contributed by atoms with Crippen LogP contribution in [-0.2, 0) is 0 Å². The first-order chi connectivity index (χ1) is 9.76. The third-order valence-electron chi connectivity index (χ3n) is 2.84. The second-order valence-corrected chi connectivity index (χ2v) is 4.06. The summed E-state index contributed by atoms with van der Waals surface area (Å²) in [7, 11) is 3.09. The van der Waals surface area contributed by atoms with Crippen LogP contribution in [0.1, 0.15) is 10.4 Å². The van der Waals surface area contributed by atoms with Crippen LogP contribution in [0.15, 0.2) is 48.5 Å². The van der Waals surface area contributed by atoms with Crippen molar-refractivity contribution in [2.75, 3.05) is 20.8 Å². The van der Waals surface area contributed by atoms with Crippen molar-refractivity contribution in [1.82, 2.24) is 0 Å². The molecule has 0 aromatic heterocycles. The van der Waals surface area contributed by atoms with E-state index >= 15 is 0 Å². The van der Waals surface area contributed by atoms with E-state index in [9.17, 15) is 4.79 Å². The van der Waals surface area contributed by atoms with E-state index in [4.69, 9.17) is 14.2 Å². The molecule has 20 heavy (non-hydrogen) atoms. The highest BCUT2D eigenvalue weighted by Gasteiger charge is 2.13. The predicted octanol–water partition coefficient (Wildman–Crippen LogP) is 2.97. The molecule has 2 aromatic carbocycles. The van der Waals surface area contributed by atoms with E-state index in [1.54, 1.807) is 37.4 Å². The number of carbonyl (C=O) groups excluding carboxylic acids is 1. The van der Waals surface area contributed by atoms with Crippen LogP contribution in [0.25, 0.3) is 0 Å². The highest BCUT2D eigenvalue weighted by Crippen LogP contribution is 2.26. The van der Waals surface area contributed by atoms with E-state index in [0.29, 0.717) is 22.8 Å². The SMILES string of the molecule is COc1ccccc1OCC(=O)c1ccccc1OC. The van der Waals surface area contributed by atoms with Gasteiger partial charge in [0.05, 0.1) is 19.8 Å². The van der Waals surface area contributed by atoms with Crippen molar-refractivity contribution in [2.45, 2.75) is 0 Å². The summed E-state index contributed by atoms with van der Waals surface area (Å²) in [6, 6.07) is 14.3. The Morgan fingerprint density at radius 1 is 0.850 bits per heavy atom. The molecule has 4 nitrogen and oxygen atoms in total. The summed E-state index contributed by atoms with van der Waals surface area (Å²) in [4.78, 5) is 12.2. The van der Waals surface area contributed by atoms with Gasteiger partial charge in [0.1, 0.15) is 5.75 Å². The molecule has 4 heteroatoms. The van der Waals surface area contributed by atoms with Crippen LogP contribution in [-0.4, -0.2) is 26.6 Å². The van der Waals surface area contributed by atoms with Gasteiger partial charge in [-0.25, -0.2) is 0 Å². The predicted molar refractivity (Wildman–Crippen MR) is 75.8 cm³/mol. The van der Waals surface area contributed by atoms with Crippen LogP contribution in [0.3, 0.4) is 0 Å². The average Bonchev–Trinajstić information content (AvgIpc) is 2.52. The van der Waals surface area contributed by atoms with Gasteiger partial charge in [-0.1, -0.05) is 24.3 Å². The van der Waals surface area contributed by atoms with Gasteiger partial charge < -0.3 is 14.2 Å². The number of rotatable bonds is 6. The minimum absolute atomic E-state index is 0.0687. The monoisotopic (exact) mass is 272 g/mol. The van der Waals surface area contributed by atoms with E-state index in [1.165, 1.54) is 7.11 Å². The lowest BCUT2D eigenvalue weighted by Gasteiger charge is -2.11. The molecule has 0 radical (unpaired) electrons. The molecule has 0 heterocycles.